The first-order chi connectivity index (χ1) is 5.25. The molecule has 0 aromatic heterocycles. The summed E-state index contributed by atoms with van der Waals surface area (Å²) in [6, 6.07) is 6.18. The Morgan fingerprint density at radius 2 is 2.00 bits per heavy atom. The van der Waals surface area contributed by atoms with E-state index in [1.807, 2.05) is 0 Å². The second kappa shape index (κ2) is 4.31. The molecular weight excluding hydrogens is 170 g/mol. The molecule has 0 aliphatic carbocycles. The highest BCUT2D eigenvalue weighted by Crippen LogP contribution is 2.15. The second-order valence-corrected chi connectivity index (χ2v) is 1.92. The molecule has 0 bridgehead atoms. The summed E-state index contributed by atoms with van der Waals surface area (Å²) in [5.74, 6) is 2.24. The van der Waals surface area contributed by atoms with Gasteiger partial charge in [0.2, 0.25) is 0 Å². The highest BCUT2D eigenvalue weighted by molar-refractivity contribution is 5.75. The number of hydrogen-bond donors (Lipinski definition) is 0. The summed E-state index contributed by atoms with van der Waals surface area (Å²) in [7, 11) is 0. The van der Waals surface area contributed by atoms with Gasteiger partial charge in [0.05, 0.1) is 4.92 Å². The van der Waals surface area contributed by atoms with Crippen molar-refractivity contribution in [2.24, 2.45) is 0 Å². The van der Waals surface area contributed by atoms with Gasteiger partial charge in [-0.05, 0) is 17.0 Å². The molecule has 3 nitrogen and oxygen atoms in total. The lowest BCUT2D eigenvalue weighted by Gasteiger charge is -1.92. The minimum absolute atomic E-state index is 0. The first-order valence-electron chi connectivity index (χ1n) is 2.95. The molecule has 0 unspecified atom stereocenters. The van der Waals surface area contributed by atoms with E-state index >= 15 is 0 Å². The molecule has 0 aliphatic heterocycles. The van der Waals surface area contributed by atoms with Crippen LogP contribution < -0.4 is 0 Å². The van der Waals surface area contributed by atoms with Crippen molar-refractivity contribution in [3.63, 3.8) is 0 Å². The van der Waals surface area contributed by atoms with Gasteiger partial charge in [0, 0.05) is 6.07 Å². The van der Waals surface area contributed by atoms with Crippen molar-refractivity contribution in [2.75, 3.05) is 0 Å². The van der Waals surface area contributed by atoms with Crippen molar-refractivity contribution in [3.05, 3.63) is 39.9 Å². The molecule has 0 amide bonds. The van der Waals surface area contributed by atoms with Gasteiger partial charge in [-0.1, -0.05) is 18.1 Å². The van der Waals surface area contributed by atoms with Crippen LogP contribution in [0.15, 0.2) is 24.3 Å². The Labute approximate surface area is 74.6 Å². The Morgan fingerprint density at radius 3 is 2.42 bits per heavy atom. The van der Waals surface area contributed by atoms with E-state index in [9.17, 15) is 10.1 Å². The number of para-hydroxylation sites is 1. The molecule has 62 valence electrons. The molecule has 0 spiro atoms. The van der Waals surface area contributed by atoms with Crippen molar-refractivity contribution in [1.82, 2.24) is 0 Å². The van der Waals surface area contributed by atoms with Crippen LogP contribution in [0.5, 0.6) is 0 Å². The predicted octanol–water partition coefficient (Wildman–Crippen LogP) is 0.124. The summed E-state index contributed by atoms with van der Waals surface area (Å²) < 4.78 is 0. The van der Waals surface area contributed by atoms with Gasteiger partial charge in [0.15, 0.2) is 0 Å². The van der Waals surface area contributed by atoms with E-state index < -0.39 is 4.92 Å². The molecule has 0 N–H and O–H groups in total. The van der Waals surface area contributed by atoms with E-state index in [2.05, 4.69) is 5.92 Å². The third-order valence-corrected chi connectivity index (χ3v) is 1.26. The average molecular weight is 179 g/mol. The van der Waals surface area contributed by atoms with Crippen molar-refractivity contribution in [2.45, 2.75) is 0 Å². The zero-order chi connectivity index (χ0) is 8.27. The van der Waals surface area contributed by atoms with E-state index in [1.165, 1.54) is 12.1 Å². The molecule has 0 aliphatic rings. The van der Waals surface area contributed by atoms with Crippen LogP contribution in [-0.4, -0.2) is 15.9 Å². The number of hydrogen-bond acceptors (Lipinski definition) is 2. The minimum atomic E-state index is -0.491. The Morgan fingerprint density at radius 1 is 1.42 bits per heavy atom. The first-order valence-corrected chi connectivity index (χ1v) is 2.95. The molecule has 0 radical (unpaired) electrons. The summed E-state index contributed by atoms with van der Waals surface area (Å²) in [4.78, 5) is 9.80. The molecule has 1 aromatic carbocycles. The number of nitro groups is 1. The van der Waals surface area contributed by atoms with Gasteiger partial charge in [-0.2, -0.15) is 0 Å². The molecule has 0 fully saturated rings. The van der Waals surface area contributed by atoms with Crippen molar-refractivity contribution >= 4 is 16.7 Å². The Kier molecular flexibility index (Phi) is 3.74. The van der Waals surface area contributed by atoms with E-state index in [1.54, 1.807) is 12.1 Å². The van der Waals surface area contributed by atoms with Gasteiger partial charge in [-0.15, -0.1) is 6.42 Å². The van der Waals surface area contributed by atoms with E-state index in [4.69, 9.17) is 6.42 Å². The monoisotopic (exact) mass is 179 g/mol. The highest BCUT2D eigenvalue weighted by atomic mass is 28.1. The number of rotatable bonds is 1. The topological polar surface area (TPSA) is 43.1 Å². The van der Waals surface area contributed by atoms with E-state index in [0.717, 1.165) is 0 Å². The maximum absolute atomic E-state index is 10.3. The summed E-state index contributed by atoms with van der Waals surface area (Å²) in [5, 5.41) is 10.3. The maximum Gasteiger partial charge on any atom is 0.284 e. The lowest BCUT2D eigenvalue weighted by atomic mass is 10.2. The normalized spacial score (nSPS) is 7.92. The quantitative estimate of drug-likeness (QED) is 0.266. The molecule has 12 heavy (non-hydrogen) atoms. The molecule has 4 heteroatoms. The van der Waals surface area contributed by atoms with Gasteiger partial charge in [-0.3, -0.25) is 10.1 Å². The lowest BCUT2D eigenvalue weighted by molar-refractivity contribution is -0.385. The van der Waals surface area contributed by atoms with Gasteiger partial charge in [-0.25, -0.2) is 0 Å². The van der Waals surface area contributed by atoms with Crippen LogP contribution in [0.3, 0.4) is 0 Å². The van der Waals surface area contributed by atoms with Crippen molar-refractivity contribution in [3.8, 4) is 12.3 Å². The Bertz CT molecular complexity index is 330. The van der Waals surface area contributed by atoms with Crippen LogP contribution >= 0.6 is 0 Å². The largest absolute Gasteiger partial charge is 0.284 e. The summed E-state index contributed by atoms with van der Waals surface area (Å²) in [6.45, 7) is 0. The Hall–Kier alpha value is -1.60. The fourth-order valence-electron chi connectivity index (χ4n) is 0.755. The third kappa shape index (κ3) is 1.94. The van der Waals surface area contributed by atoms with Crippen LogP contribution in [0.25, 0.3) is 0 Å². The van der Waals surface area contributed by atoms with Crippen LogP contribution in [0.4, 0.5) is 5.69 Å². The van der Waals surface area contributed by atoms with Crippen molar-refractivity contribution in [1.29, 1.82) is 0 Å². The number of terminal acetylenes is 1. The Balaban J connectivity index is 0.00000121. The number of nitro benzene ring substituents is 1. The van der Waals surface area contributed by atoms with E-state index in [-0.39, 0.29) is 16.7 Å². The standard InChI is InChI=1S/C8H5NO2.H4Si/c1-2-7-5-3-4-6-8(7)9(10)11;/h1,3-6H;1H4. The van der Waals surface area contributed by atoms with Gasteiger partial charge < -0.3 is 0 Å². The third-order valence-electron chi connectivity index (χ3n) is 1.26. The first kappa shape index (κ1) is 10.4. The smallest absolute Gasteiger partial charge is 0.258 e. The van der Waals surface area contributed by atoms with Crippen molar-refractivity contribution < 1.29 is 4.92 Å². The van der Waals surface area contributed by atoms with Gasteiger partial charge in [0.25, 0.3) is 5.69 Å². The van der Waals surface area contributed by atoms with Crippen LogP contribution in [0.2, 0.25) is 0 Å². The maximum atomic E-state index is 10.3. The zero-order valence-electron chi connectivity index (χ0n) is 5.65. The van der Waals surface area contributed by atoms with Crippen LogP contribution in [-0.2, 0) is 0 Å². The highest BCUT2D eigenvalue weighted by Gasteiger charge is 2.08. The van der Waals surface area contributed by atoms with Gasteiger partial charge >= 0.3 is 0 Å². The molecular formula is C8H9NO2Si. The van der Waals surface area contributed by atoms with E-state index in [0.29, 0.717) is 5.56 Å². The van der Waals surface area contributed by atoms with Crippen LogP contribution in [0, 0.1) is 22.5 Å². The lowest BCUT2D eigenvalue weighted by Crippen LogP contribution is -1.90. The average Bonchev–Trinajstić information content (AvgIpc) is 2.04. The fourth-order valence-corrected chi connectivity index (χ4v) is 0.755. The molecule has 0 atom stereocenters. The molecule has 0 saturated carbocycles. The van der Waals surface area contributed by atoms with Crippen LogP contribution in [0.1, 0.15) is 5.56 Å². The molecule has 0 saturated heterocycles. The molecule has 0 heterocycles. The predicted molar refractivity (Wildman–Crippen MR) is 52.4 cm³/mol. The molecule has 1 rings (SSSR count). The minimum Gasteiger partial charge on any atom is -0.258 e. The summed E-state index contributed by atoms with van der Waals surface area (Å²) in [6.07, 6.45) is 5.03. The molecule has 1 aromatic rings. The second-order valence-electron chi connectivity index (χ2n) is 1.92. The number of benzene rings is 1. The van der Waals surface area contributed by atoms with Gasteiger partial charge in [0.1, 0.15) is 5.56 Å². The number of nitrogens with zero attached hydrogens (tertiary/aromatic N) is 1. The summed E-state index contributed by atoms with van der Waals surface area (Å²) in [5.41, 5.74) is 0.299. The summed E-state index contributed by atoms with van der Waals surface area (Å²) >= 11 is 0. The SMILES string of the molecule is C#Cc1ccccc1[N+](=O)[O-].[SiH4]. The zero-order valence-corrected chi connectivity index (χ0v) is 5.65. The fraction of sp³-hybridized carbons (Fsp3) is 0.